The van der Waals surface area contributed by atoms with Crippen LogP contribution >= 0.6 is 27.5 Å². The first kappa shape index (κ1) is 12.2. The molecule has 88 valence electrons. The molecule has 0 heterocycles. The summed E-state index contributed by atoms with van der Waals surface area (Å²) in [4.78, 5) is 0. The second kappa shape index (κ2) is 5.39. The topological polar surface area (TPSA) is 35.2 Å². The van der Waals surface area contributed by atoms with E-state index in [1.54, 1.807) is 0 Å². The summed E-state index contributed by atoms with van der Waals surface area (Å²) in [6.45, 7) is 0.704. The Morgan fingerprint density at radius 3 is 2.94 bits per heavy atom. The van der Waals surface area contributed by atoms with Crippen molar-refractivity contribution in [2.45, 2.75) is 25.4 Å². The highest BCUT2D eigenvalue weighted by Crippen LogP contribution is 2.33. The first-order valence-electron chi connectivity index (χ1n) is 5.52. The average Bonchev–Trinajstić information content (AvgIpc) is 2.69. The molecule has 0 spiro atoms. The van der Waals surface area contributed by atoms with Gasteiger partial charge in [-0.15, -0.1) is 0 Å². The molecule has 1 aromatic carbocycles. The zero-order chi connectivity index (χ0) is 11.5. The molecule has 0 aromatic heterocycles. The van der Waals surface area contributed by atoms with Crippen LogP contribution in [-0.4, -0.2) is 12.6 Å². The fourth-order valence-corrected chi connectivity index (χ4v) is 2.94. The molecule has 1 aliphatic carbocycles. The van der Waals surface area contributed by atoms with Gasteiger partial charge in [0, 0.05) is 10.9 Å². The van der Waals surface area contributed by atoms with E-state index in [1.807, 2.05) is 18.2 Å². The molecular weight excluding hydrogens is 289 g/mol. The lowest BCUT2D eigenvalue weighted by Gasteiger charge is -2.20. The molecule has 2 atom stereocenters. The van der Waals surface area contributed by atoms with Gasteiger partial charge in [-0.2, -0.15) is 0 Å². The van der Waals surface area contributed by atoms with Crippen LogP contribution in [0, 0.1) is 5.92 Å². The molecule has 1 aromatic rings. The van der Waals surface area contributed by atoms with Crippen molar-refractivity contribution >= 4 is 27.5 Å². The molecule has 0 amide bonds. The van der Waals surface area contributed by atoms with E-state index in [1.165, 1.54) is 12.8 Å². The lowest BCUT2D eigenvalue weighted by molar-refractivity contribution is 0.161. The van der Waals surface area contributed by atoms with E-state index in [-0.39, 0.29) is 6.10 Å². The van der Waals surface area contributed by atoms with Crippen LogP contribution in [0.15, 0.2) is 22.7 Å². The Hall–Kier alpha value is -0.250. The molecule has 2 N–H and O–H groups in total. The van der Waals surface area contributed by atoms with Gasteiger partial charge in [0.05, 0.1) is 4.47 Å². The Kier molecular flexibility index (Phi) is 4.11. The van der Waals surface area contributed by atoms with Crippen LogP contribution < -0.4 is 10.5 Å². The lowest BCUT2D eigenvalue weighted by Crippen LogP contribution is -2.27. The molecule has 2 unspecified atom stereocenters. The molecule has 2 nitrogen and oxygen atoms in total. The van der Waals surface area contributed by atoms with E-state index in [4.69, 9.17) is 22.1 Å². The number of hydrogen-bond donors (Lipinski definition) is 1. The fourth-order valence-electron chi connectivity index (χ4n) is 2.16. The van der Waals surface area contributed by atoms with Crippen molar-refractivity contribution in [2.75, 3.05) is 6.54 Å². The summed E-state index contributed by atoms with van der Waals surface area (Å²) in [5, 5.41) is 0.709. The van der Waals surface area contributed by atoms with Gasteiger partial charge < -0.3 is 10.5 Å². The summed E-state index contributed by atoms with van der Waals surface area (Å²) < 4.78 is 6.88. The van der Waals surface area contributed by atoms with Crippen molar-refractivity contribution in [1.82, 2.24) is 0 Å². The Morgan fingerprint density at radius 1 is 1.44 bits per heavy atom. The summed E-state index contributed by atoms with van der Waals surface area (Å²) in [5.41, 5.74) is 5.73. The van der Waals surface area contributed by atoms with Gasteiger partial charge in [-0.3, -0.25) is 0 Å². The fraction of sp³-hybridized carbons (Fsp3) is 0.500. The van der Waals surface area contributed by atoms with Crippen molar-refractivity contribution in [3.8, 4) is 5.75 Å². The van der Waals surface area contributed by atoms with E-state index in [0.29, 0.717) is 17.5 Å². The predicted octanol–water partition coefficient (Wildman–Crippen LogP) is 3.61. The van der Waals surface area contributed by atoms with Crippen LogP contribution in [0.2, 0.25) is 5.02 Å². The van der Waals surface area contributed by atoms with Crippen LogP contribution in [0.25, 0.3) is 0 Å². The molecule has 1 aliphatic rings. The van der Waals surface area contributed by atoms with E-state index in [9.17, 15) is 0 Å². The van der Waals surface area contributed by atoms with Crippen molar-refractivity contribution in [3.63, 3.8) is 0 Å². The van der Waals surface area contributed by atoms with Gasteiger partial charge >= 0.3 is 0 Å². The summed E-state index contributed by atoms with van der Waals surface area (Å²) >= 11 is 9.34. The van der Waals surface area contributed by atoms with Gasteiger partial charge in [0.15, 0.2) is 0 Å². The first-order valence-corrected chi connectivity index (χ1v) is 6.69. The van der Waals surface area contributed by atoms with Gasteiger partial charge in [-0.05, 0) is 59.9 Å². The molecule has 16 heavy (non-hydrogen) atoms. The second-order valence-corrected chi connectivity index (χ2v) is 5.45. The Labute approximate surface area is 109 Å². The number of halogens is 2. The van der Waals surface area contributed by atoms with Crippen molar-refractivity contribution < 1.29 is 4.74 Å². The van der Waals surface area contributed by atoms with Crippen LogP contribution in [-0.2, 0) is 0 Å². The van der Waals surface area contributed by atoms with Crippen LogP contribution in [0.1, 0.15) is 19.3 Å². The van der Waals surface area contributed by atoms with E-state index < -0.39 is 0 Å². The zero-order valence-electron chi connectivity index (χ0n) is 8.96. The minimum atomic E-state index is 0.252. The minimum absolute atomic E-state index is 0.252. The number of nitrogens with two attached hydrogens (primary N) is 1. The maximum Gasteiger partial charge on any atom is 0.134 e. The molecule has 2 rings (SSSR count). The molecule has 0 aliphatic heterocycles. The minimum Gasteiger partial charge on any atom is -0.489 e. The van der Waals surface area contributed by atoms with Crippen molar-refractivity contribution in [1.29, 1.82) is 0 Å². The van der Waals surface area contributed by atoms with Crippen LogP contribution in [0.5, 0.6) is 5.75 Å². The van der Waals surface area contributed by atoms with Gasteiger partial charge in [0.25, 0.3) is 0 Å². The molecule has 0 bridgehead atoms. The molecule has 1 fully saturated rings. The van der Waals surface area contributed by atoms with Gasteiger partial charge in [0.1, 0.15) is 11.9 Å². The Bertz CT molecular complexity index is 372. The number of benzene rings is 1. The largest absolute Gasteiger partial charge is 0.489 e. The van der Waals surface area contributed by atoms with Crippen molar-refractivity contribution in [2.24, 2.45) is 11.7 Å². The molecule has 1 saturated carbocycles. The quantitative estimate of drug-likeness (QED) is 0.926. The molecule has 0 radical (unpaired) electrons. The van der Waals surface area contributed by atoms with Crippen molar-refractivity contribution in [3.05, 3.63) is 27.7 Å². The van der Waals surface area contributed by atoms with E-state index in [2.05, 4.69) is 15.9 Å². The highest BCUT2D eigenvalue weighted by atomic mass is 79.9. The standard InChI is InChI=1S/C12H15BrClNO/c13-10-6-9(14)4-5-12(10)16-11-3-1-2-8(11)7-15/h4-6,8,11H,1-3,7,15H2. The van der Waals surface area contributed by atoms with Gasteiger partial charge in [0.2, 0.25) is 0 Å². The highest BCUT2D eigenvalue weighted by molar-refractivity contribution is 9.10. The summed E-state index contributed by atoms with van der Waals surface area (Å²) in [6.07, 6.45) is 3.73. The van der Waals surface area contributed by atoms with Crippen LogP contribution in [0.3, 0.4) is 0 Å². The number of ether oxygens (including phenoxy) is 1. The Morgan fingerprint density at radius 2 is 2.25 bits per heavy atom. The number of rotatable bonds is 3. The molecule has 4 heteroatoms. The summed E-state index contributed by atoms with van der Waals surface area (Å²) in [5.74, 6) is 1.34. The Balaban J connectivity index is 2.08. The number of hydrogen-bond acceptors (Lipinski definition) is 2. The SMILES string of the molecule is NCC1CCCC1Oc1ccc(Cl)cc1Br. The predicted molar refractivity (Wildman–Crippen MR) is 70.0 cm³/mol. The first-order chi connectivity index (χ1) is 7.70. The normalized spacial score (nSPS) is 24.7. The smallest absolute Gasteiger partial charge is 0.134 e. The maximum absolute atomic E-state index is 5.98. The highest BCUT2D eigenvalue weighted by Gasteiger charge is 2.28. The third kappa shape index (κ3) is 2.70. The zero-order valence-corrected chi connectivity index (χ0v) is 11.3. The monoisotopic (exact) mass is 303 g/mol. The summed E-state index contributed by atoms with van der Waals surface area (Å²) in [6, 6.07) is 5.59. The second-order valence-electron chi connectivity index (χ2n) is 4.16. The third-order valence-electron chi connectivity index (χ3n) is 3.06. The third-order valence-corrected chi connectivity index (χ3v) is 3.92. The van der Waals surface area contributed by atoms with Gasteiger partial charge in [-0.1, -0.05) is 11.6 Å². The van der Waals surface area contributed by atoms with Gasteiger partial charge in [-0.25, -0.2) is 0 Å². The summed E-state index contributed by atoms with van der Waals surface area (Å²) in [7, 11) is 0. The molecular formula is C12H15BrClNO. The average molecular weight is 305 g/mol. The van der Waals surface area contributed by atoms with Crippen LogP contribution in [0.4, 0.5) is 0 Å². The maximum atomic E-state index is 5.98. The molecule has 0 saturated heterocycles. The van der Waals surface area contributed by atoms with E-state index in [0.717, 1.165) is 16.6 Å². The van der Waals surface area contributed by atoms with E-state index >= 15 is 0 Å². The lowest BCUT2D eigenvalue weighted by atomic mass is 10.1.